The third-order valence-electron chi connectivity index (χ3n) is 5.05. The Kier molecular flexibility index (Phi) is 4.85. The summed E-state index contributed by atoms with van der Waals surface area (Å²) >= 11 is 0. The fourth-order valence-electron chi connectivity index (χ4n) is 3.71. The Labute approximate surface area is 146 Å². The number of quaternary nitrogens is 1. The molecule has 1 aliphatic rings. The van der Waals surface area contributed by atoms with Crippen molar-refractivity contribution in [1.82, 2.24) is 4.57 Å². The summed E-state index contributed by atoms with van der Waals surface area (Å²) in [6, 6.07) is 10.3. The Morgan fingerprint density at radius 2 is 2.12 bits per heavy atom. The number of hydrogen-bond donors (Lipinski definition) is 2. The Bertz CT molecular complexity index is 786. The van der Waals surface area contributed by atoms with Crippen LogP contribution in [0, 0.1) is 10.1 Å². The van der Waals surface area contributed by atoms with Crippen molar-refractivity contribution >= 4 is 17.3 Å². The van der Waals surface area contributed by atoms with E-state index in [4.69, 9.17) is 0 Å². The third-order valence-corrected chi connectivity index (χ3v) is 5.05. The monoisotopic (exact) mass is 343 g/mol. The van der Waals surface area contributed by atoms with Crippen LogP contribution in [-0.2, 0) is 11.8 Å². The van der Waals surface area contributed by atoms with E-state index < -0.39 is 4.92 Å². The van der Waals surface area contributed by atoms with Crippen LogP contribution in [-0.4, -0.2) is 28.0 Å². The molecule has 3 atom stereocenters. The van der Waals surface area contributed by atoms with Crippen LogP contribution in [0.4, 0.5) is 11.4 Å². The lowest BCUT2D eigenvalue weighted by Gasteiger charge is -2.27. The molecule has 7 nitrogen and oxygen atoms in total. The van der Waals surface area contributed by atoms with Gasteiger partial charge in [-0.3, -0.25) is 14.9 Å². The lowest BCUT2D eigenvalue weighted by atomic mass is 10.1. The molecule has 1 fully saturated rings. The van der Waals surface area contributed by atoms with E-state index in [1.807, 2.05) is 26.2 Å². The van der Waals surface area contributed by atoms with Gasteiger partial charge in [0.1, 0.15) is 11.7 Å². The minimum Gasteiger partial charge on any atom is -0.350 e. The number of para-hydroxylation sites is 2. The van der Waals surface area contributed by atoms with E-state index in [1.165, 1.54) is 16.7 Å². The number of anilines is 1. The largest absolute Gasteiger partial charge is 0.350 e. The summed E-state index contributed by atoms with van der Waals surface area (Å²) in [5.74, 6) is -0.189. The van der Waals surface area contributed by atoms with Crippen LogP contribution in [0.25, 0.3) is 0 Å². The van der Waals surface area contributed by atoms with Crippen molar-refractivity contribution in [3.05, 3.63) is 58.4 Å². The standard InChI is InChI=1S/C18H22N4O3/c1-13(18(23)19-14-7-3-4-8-15(14)22(24)25)21-12-6-10-17(21)16-9-5-11-20(16)2/h3-5,7-9,11,13,17H,6,10,12H2,1-2H3,(H,19,23)/p+1/t13-,17+/m0/s1. The Hall–Kier alpha value is -2.67. The Morgan fingerprint density at radius 3 is 2.80 bits per heavy atom. The zero-order valence-electron chi connectivity index (χ0n) is 14.4. The van der Waals surface area contributed by atoms with Crippen LogP contribution in [0.2, 0.25) is 0 Å². The molecule has 1 aromatic carbocycles. The number of carbonyl (C=O) groups is 1. The van der Waals surface area contributed by atoms with Crippen molar-refractivity contribution in [2.75, 3.05) is 11.9 Å². The van der Waals surface area contributed by atoms with Gasteiger partial charge in [-0.05, 0) is 25.1 Å². The second-order valence-electron chi connectivity index (χ2n) is 6.55. The topological polar surface area (TPSA) is 81.6 Å². The SMILES string of the molecule is C[C@@H](C(=O)Nc1ccccc1[N+](=O)[O-])[NH+]1CCC[C@@H]1c1cccn1C. The quantitative estimate of drug-likeness (QED) is 0.640. The van der Waals surface area contributed by atoms with Gasteiger partial charge in [-0.1, -0.05) is 12.1 Å². The average molecular weight is 343 g/mol. The predicted octanol–water partition coefficient (Wildman–Crippen LogP) is 1.68. The van der Waals surface area contributed by atoms with Crippen molar-refractivity contribution in [1.29, 1.82) is 0 Å². The highest BCUT2D eigenvalue weighted by Gasteiger charge is 2.38. The second kappa shape index (κ2) is 7.06. The second-order valence-corrected chi connectivity index (χ2v) is 6.55. The molecule has 2 aromatic rings. The van der Waals surface area contributed by atoms with Crippen molar-refractivity contribution in [3.8, 4) is 0 Å². The number of benzene rings is 1. The molecule has 7 heteroatoms. The molecule has 2 heterocycles. The normalized spacial score (nSPS) is 21.0. The molecule has 132 valence electrons. The number of nitrogens with zero attached hydrogens (tertiary/aromatic N) is 2. The van der Waals surface area contributed by atoms with Crippen LogP contribution in [0.1, 0.15) is 31.5 Å². The van der Waals surface area contributed by atoms with E-state index in [0.29, 0.717) is 0 Å². The molecular formula is C18H23N4O3+. The van der Waals surface area contributed by atoms with Crippen LogP contribution in [0.3, 0.4) is 0 Å². The van der Waals surface area contributed by atoms with Gasteiger partial charge in [-0.25, -0.2) is 0 Å². The number of likely N-dealkylation sites (tertiary alicyclic amines) is 1. The van der Waals surface area contributed by atoms with Gasteiger partial charge in [0.2, 0.25) is 0 Å². The minimum atomic E-state index is -0.476. The molecular weight excluding hydrogens is 320 g/mol. The van der Waals surface area contributed by atoms with E-state index >= 15 is 0 Å². The summed E-state index contributed by atoms with van der Waals surface area (Å²) in [6.07, 6.45) is 4.12. The van der Waals surface area contributed by atoms with Crippen molar-refractivity contribution in [2.24, 2.45) is 7.05 Å². The van der Waals surface area contributed by atoms with Crippen LogP contribution in [0.5, 0.6) is 0 Å². The molecule has 0 aliphatic carbocycles. The van der Waals surface area contributed by atoms with E-state index in [2.05, 4.69) is 16.0 Å². The summed E-state index contributed by atoms with van der Waals surface area (Å²) in [5.41, 5.74) is 1.38. The molecule has 0 bridgehead atoms. The molecule has 2 N–H and O–H groups in total. The van der Waals surface area contributed by atoms with Gasteiger partial charge in [-0.2, -0.15) is 0 Å². The van der Waals surface area contributed by atoms with E-state index in [0.717, 1.165) is 19.4 Å². The fraction of sp³-hybridized carbons (Fsp3) is 0.389. The number of nitro benzene ring substituents is 1. The molecule has 3 rings (SSSR count). The number of aryl methyl sites for hydroxylation is 1. The third kappa shape index (κ3) is 3.41. The molecule has 25 heavy (non-hydrogen) atoms. The van der Waals surface area contributed by atoms with Crippen molar-refractivity contribution in [3.63, 3.8) is 0 Å². The lowest BCUT2D eigenvalue weighted by molar-refractivity contribution is -0.932. The van der Waals surface area contributed by atoms with Gasteiger partial charge in [0.05, 0.1) is 17.2 Å². The highest BCUT2D eigenvalue weighted by atomic mass is 16.6. The first-order chi connectivity index (χ1) is 12.0. The molecule has 0 spiro atoms. The first-order valence-corrected chi connectivity index (χ1v) is 8.50. The maximum atomic E-state index is 12.7. The summed E-state index contributed by atoms with van der Waals surface area (Å²) < 4.78 is 2.10. The molecule has 1 saturated heterocycles. The molecule has 1 unspecified atom stereocenters. The highest BCUT2D eigenvalue weighted by molar-refractivity contribution is 5.95. The molecule has 1 aromatic heterocycles. The Morgan fingerprint density at radius 1 is 1.36 bits per heavy atom. The van der Waals surface area contributed by atoms with Gasteiger partial charge < -0.3 is 14.8 Å². The predicted molar refractivity (Wildman–Crippen MR) is 94.4 cm³/mol. The van der Waals surface area contributed by atoms with Crippen LogP contribution in [0.15, 0.2) is 42.6 Å². The smallest absolute Gasteiger partial charge is 0.292 e. The minimum absolute atomic E-state index is 0.0848. The van der Waals surface area contributed by atoms with E-state index in [1.54, 1.807) is 18.2 Å². The maximum Gasteiger partial charge on any atom is 0.292 e. The first-order valence-electron chi connectivity index (χ1n) is 8.50. The number of aromatic nitrogens is 1. The van der Waals surface area contributed by atoms with Gasteiger partial charge in [-0.15, -0.1) is 0 Å². The van der Waals surface area contributed by atoms with Gasteiger partial charge >= 0.3 is 0 Å². The highest BCUT2D eigenvalue weighted by Crippen LogP contribution is 2.24. The van der Waals surface area contributed by atoms with Crippen LogP contribution >= 0.6 is 0 Å². The first kappa shape index (κ1) is 17.2. The van der Waals surface area contributed by atoms with Crippen LogP contribution < -0.4 is 10.2 Å². The number of rotatable bonds is 5. The summed E-state index contributed by atoms with van der Waals surface area (Å²) in [7, 11) is 2.02. The van der Waals surface area contributed by atoms with Crippen molar-refractivity contribution in [2.45, 2.75) is 31.8 Å². The van der Waals surface area contributed by atoms with Crippen molar-refractivity contribution < 1.29 is 14.6 Å². The number of hydrogen-bond acceptors (Lipinski definition) is 3. The maximum absolute atomic E-state index is 12.7. The summed E-state index contributed by atoms with van der Waals surface area (Å²) in [5, 5.41) is 13.9. The zero-order valence-corrected chi connectivity index (χ0v) is 14.4. The molecule has 0 radical (unpaired) electrons. The lowest BCUT2D eigenvalue weighted by Crippen LogP contribution is -3.15. The number of nitro groups is 1. The average Bonchev–Trinajstić information content (AvgIpc) is 3.22. The molecule has 1 amide bonds. The molecule has 1 aliphatic heterocycles. The zero-order chi connectivity index (χ0) is 18.0. The Balaban J connectivity index is 1.76. The van der Waals surface area contributed by atoms with Gasteiger partial charge in [0, 0.05) is 32.2 Å². The summed E-state index contributed by atoms with van der Waals surface area (Å²) in [4.78, 5) is 24.6. The summed E-state index contributed by atoms with van der Waals surface area (Å²) in [6.45, 7) is 2.81. The van der Waals surface area contributed by atoms with Gasteiger partial charge in [0.25, 0.3) is 11.6 Å². The number of amides is 1. The molecule has 0 saturated carbocycles. The van der Waals surface area contributed by atoms with E-state index in [-0.39, 0.29) is 29.4 Å². The fourth-order valence-corrected chi connectivity index (χ4v) is 3.71. The van der Waals surface area contributed by atoms with E-state index in [9.17, 15) is 14.9 Å². The number of carbonyl (C=O) groups excluding carboxylic acids is 1. The number of nitrogens with one attached hydrogen (secondary N) is 2. The van der Waals surface area contributed by atoms with Gasteiger partial charge in [0.15, 0.2) is 6.04 Å².